The topological polar surface area (TPSA) is 363 Å². The van der Waals surface area contributed by atoms with E-state index in [1.807, 2.05) is 0 Å². The number of rotatable bonds is 25. The Balaban J connectivity index is 0.786. The van der Waals surface area contributed by atoms with E-state index in [1.54, 1.807) is 4.90 Å². The summed E-state index contributed by atoms with van der Waals surface area (Å²) >= 11 is 0. The summed E-state index contributed by atoms with van der Waals surface area (Å²) in [6, 6.07) is 0. The second-order valence-corrected chi connectivity index (χ2v) is 30.8. The quantitative estimate of drug-likeness (QED) is 0.0573. The number of nitrogens with one attached hydrogen (secondary N) is 2. The van der Waals surface area contributed by atoms with Crippen LogP contribution in [-0.4, -0.2) is 226 Å². The van der Waals surface area contributed by atoms with E-state index >= 15 is 0 Å². The summed E-state index contributed by atoms with van der Waals surface area (Å²) in [5, 5.41) is 158. The molecule has 0 aromatic carbocycles. The maximum atomic E-state index is 14.4. The lowest BCUT2D eigenvalue weighted by molar-refractivity contribution is -0.327. The van der Waals surface area contributed by atoms with Gasteiger partial charge in [0.25, 0.3) is 0 Å². The molecule has 0 radical (unpaired) electrons. The summed E-state index contributed by atoms with van der Waals surface area (Å²) < 4.78 is 10.9. The van der Waals surface area contributed by atoms with Crippen LogP contribution in [-0.2, 0) is 19.1 Å². The molecule has 9 fully saturated rings. The first-order valence-corrected chi connectivity index (χ1v) is 34.1. The molecule has 87 heavy (non-hydrogen) atoms. The fraction of sp³-hybridized carbons (Fsp3) is 0.970. The van der Waals surface area contributed by atoms with Crippen molar-refractivity contribution in [1.82, 2.24) is 15.5 Å². The first-order valence-electron chi connectivity index (χ1n) is 34.1. The van der Waals surface area contributed by atoms with Gasteiger partial charge in [-0.15, -0.1) is 0 Å². The molecule has 0 spiro atoms. The van der Waals surface area contributed by atoms with Gasteiger partial charge in [-0.25, -0.2) is 0 Å². The molecule has 31 atom stereocenters. The minimum absolute atomic E-state index is 0.0108. The van der Waals surface area contributed by atoms with E-state index in [2.05, 4.69) is 52.2 Å². The highest BCUT2D eigenvalue weighted by Crippen LogP contribution is 2.70. The van der Waals surface area contributed by atoms with Gasteiger partial charge in [0.1, 0.15) is 42.7 Å². The van der Waals surface area contributed by atoms with Gasteiger partial charge in [-0.2, -0.15) is 0 Å². The Morgan fingerprint density at radius 2 is 1.11 bits per heavy atom. The van der Waals surface area contributed by atoms with Gasteiger partial charge in [-0.1, -0.05) is 41.5 Å². The average Bonchev–Trinajstić information content (AvgIpc) is 3.15. The summed E-state index contributed by atoms with van der Waals surface area (Å²) in [5.41, 5.74) is -0.850. The summed E-state index contributed by atoms with van der Waals surface area (Å²) in [6.07, 6.45) is -4.31. The van der Waals surface area contributed by atoms with Crippen molar-refractivity contribution in [1.29, 1.82) is 0 Å². The van der Waals surface area contributed by atoms with Crippen molar-refractivity contribution in [3.8, 4) is 0 Å². The zero-order valence-electron chi connectivity index (χ0n) is 53.0. The molecule has 9 rings (SSSR count). The number of amides is 2. The molecule has 502 valence electrons. The lowest BCUT2D eigenvalue weighted by atomic mass is 9.43. The van der Waals surface area contributed by atoms with Crippen molar-refractivity contribution in [3.63, 3.8) is 0 Å². The van der Waals surface area contributed by atoms with Crippen molar-refractivity contribution >= 4 is 11.8 Å². The van der Waals surface area contributed by atoms with Crippen LogP contribution in [0.2, 0.25) is 0 Å². The highest BCUT2D eigenvalue weighted by Gasteiger charge is 2.68. The molecule has 9 aliphatic rings. The van der Waals surface area contributed by atoms with E-state index in [9.17, 15) is 81.1 Å². The Labute approximate surface area is 516 Å². The van der Waals surface area contributed by atoms with E-state index in [4.69, 9.17) is 9.47 Å². The molecule has 16 N–H and O–H groups in total. The third-order valence-electron chi connectivity index (χ3n) is 26.5. The minimum Gasteiger partial charge on any atom is -0.394 e. The lowest BCUT2D eigenvalue weighted by Gasteiger charge is -2.63. The van der Waals surface area contributed by atoms with Gasteiger partial charge >= 0.3 is 0 Å². The predicted molar refractivity (Wildman–Crippen MR) is 320 cm³/mol. The van der Waals surface area contributed by atoms with Crippen LogP contribution in [0.3, 0.4) is 0 Å². The van der Waals surface area contributed by atoms with Crippen molar-refractivity contribution in [3.05, 3.63) is 0 Å². The van der Waals surface area contributed by atoms with Gasteiger partial charge in [0.2, 0.25) is 11.8 Å². The van der Waals surface area contributed by atoms with Gasteiger partial charge in [-0.3, -0.25) is 9.59 Å². The van der Waals surface area contributed by atoms with Crippen LogP contribution in [0.4, 0.5) is 0 Å². The lowest BCUT2D eigenvalue weighted by Crippen LogP contribution is -2.62. The van der Waals surface area contributed by atoms with Crippen molar-refractivity contribution in [2.45, 2.75) is 262 Å². The monoisotopic (exact) mass is 1240 g/mol. The summed E-state index contributed by atoms with van der Waals surface area (Å²) in [6.45, 7) is 12.9. The molecule has 0 aromatic heterocycles. The summed E-state index contributed by atoms with van der Waals surface area (Å²) in [5.74, 6) is 1.84. The number of aliphatic hydroxyl groups excluding tert-OH is 14. The molecule has 1 heterocycles. The van der Waals surface area contributed by atoms with Crippen LogP contribution < -0.4 is 10.6 Å². The zero-order valence-corrected chi connectivity index (χ0v) is 53.0. The molecule has 0 bridgehead atoms. The molecule has 2 amide bonds. The maximum Gasteiger partial charge on any atom is 0.222 e. The van der Waals surface area contributed by atoms with Crippen molar-refractivity contribution < 1.29 is 90.6 Å². The number of ether oxygens (including phenoxy) is 2. The first kappa shape index (κ1) is 69.6. The normalized spacial score (nSPS) is 46.3. The zero-order chi connectivity index (χ0) is 63.2. The number of fused-ring (bicyclic) bond motifs is 10. The average molecular weight is 1240 g/mol. The van der Waals surface area contributed by atoms with E-state index in [0.717, 1.165) is 51.4 Å². The third kappa shape index (κ3) is 13.5. The standard InChI is InChI=1S/C66H115N3O18/c1-34(40-11-13-42-55-44(29-51(78)65(40,42)5)63(3)19-17-38(72)25-36(63)27-46(55)74)9-15-53(80)68-22-8-24-69(23-7-21-67-31-48(76)57(82)61(49(77)32-70)87-62-60(85)59(84)58(83)50(33-71)86-62)54(81)16-10-35(2)41-12-14-43-56-45(30-52(79)66(41,43)6)64(4)20-18-39(73)26-37(64)28-47(56)75/h34-52,55-62,67,70-79,82-85H,7-33H2,1-6H3,(H,68,80). The highest BCUT2D eigenvalue weighted by molar-refractivity contribution is 5.76. The summed E-state index contributed by atoms with van der Waals surface area (Å²) in [4.78, 5) is 29.8. The van der Waals surface area contributed by atoms with Crippen molar-refractivity contribution in [2.75, 3.05) is 45.9 Å². The van der Waals surface area contributed by atoms with Gasteiger partial charge in [0.15, 0.2) is 6.29 Å². The van der Waals surface area contributed by atoms with Crippen molar-refractivity contribution in [2.24, 2.45) is 92.7 Å². The van der Waals surface area contributed by atoms with Crippen LogP contribution in [0.1, 0.15) is 170 Å². The maximum absolute atomic E-state index is 14.4. The van der Waals surface area contributed by atoms with Gasteiger partial charge in [-0.05, 0) is 215 Å². The molecule has 0 aromatic rings. The largest absolute Gasteiger partial charge is 0.394 e. The second kappa shape index (κ2) is 28.5. The van der Waals surface area contributed by atoms with Gasteiger partial charge in [0.05, 0.1) is 55.9 Å². The molecule has 21 heteroatoms. The Bertz CT molecular complexity index is 2260. The molecule has 1 aliphatic heterocycles. The predicted octanol–water partition coefficient (Wildman–Crippen LogP) is 1.32. The number of carbonyl (C=O) groups excluding carboxylic acids is 2. The number of hydrogen-bond acceptors (Lipinski definition) is 19. The van der Waals surface area contributed by atoms with Crippen LogP contribution in [0.5, 0.6) is 0 Å². The number of hydrogen-bond donors (Lipinski definition) is 16. The van der Waals surface area contributed by atoms with Crippen LogP contribution in [0, 0.1) is 92.7 Å². The second-order valence-electron chi connectivity index (χ2n) is 30.8. The first-order chi connectivity index (χ1) is 41.1. The Hall–Kier alpha value is -1.74. The van der Waals surface area contributed by atoms with Gasteiger partial charge < -0.3 is 96.5 Å². The third-order valence-corrected chi connectivity index (χ3v) is 26.5. The molecule has 21 nitrogen and oxygen atoms in total. The molecule has 31 unspecified atom stereocenters. The molecular formula is C66H115N3O18. The number of nitrogens with zero attached hydrogens (tertiary/aromatic N) is 1. The fourth-order valence-electron chi connectivity index (χ4n) is 21.3. The van der Waals surface area contributed by atoms with Crippen LogP contribution in [0.25, 0.3) is 0 Å². The smallest absolute Gasteiger partial charge is 0.222 e. The molecule has 8 saturated carbocycles. The van der Waals surface area contributed by atoms with E-state index in [0.29, 0.717) is 90.3 Å². The fourth-order valence-corrected chi connectivity index (χ4v) is 21.3. The minimum atomic E-state index is -1.87. The Morgan fingerprint density at radius 1 is 0.609 bits per heavy atom. The van der Waals surface area contributed by atoms with E-state index in [1.165, 1.54) is 0 Å². The Kier molecular flexibility index (Phi) is 22.8. The van der Waals surface area contributed by atoms with Crippen LogP contribution in [0.15, 0.2) is 0 Å². The SMILES string of the molecule is CC(CCC(=O)NCCCN(CCCNCC(O)C(O)C(OC1OC(CO)C(O)C(O)C1O)C(O)CO)C(=O)CCC(C)C1CCC2C3C(O)CC4CC(O)CCC4(C)C3CC(O)C12C)C1CCC2C3C(O)CC4CC(O)CCC4(C)C3CC(O)C12C. The highest BCUT2D eigenvalue weighted by atomic mass is 16.7. The number of carbonyl (C=O) groups is 2. The summed E-state index contributed by atoms with van der Waals surface area (Å²) in [7, 11) is 0. The van der Waals surface area contributed by atoms with E-state index in [-0.39, 0.29) is 131 Å². The van der Waals surface area contributed by atoms with Gasteiger partial charge in [0, 0.05) is 39.0 Å². The molecular weight excluding hydrogens is 1120 g/mol. The number of aliphatic hydroxyl groups is 14. The molecule has 1 saturated heterocycles. The molecule has 8 aliphatic carbocycles. The van der Waals surface area contributed by atoms with Crippen LogP contribution >= 0.6 is 0 Å². The van der Waals surface area contributed by atoms with E-state index < -0.39 is 98.2 Å². The Morgan fingerprint density at radius 3 is 1.62 bits per heavy atom.